The molecule has 2 aromatic carbocycles. The van der Waals surface area contributed by atoms with Crippen LogP contribution in [0.5, 0.6) is 0 Å². The van der Waals surface area contributed by atoms with Crippen LogP contribution >= 0.6 is 0 Å². The predicted molar refractivity (Wildman–Crippen MR) is 75.6 cm³/mol. The third kappa shape index (κ3) is 3.01. The highest BCUT2D eigenvalue weighted by Crippen LogP contribution is 2.24. The maximum absolute atomic E-state index is 11.0. The van der Waals surface area contributed by atoms with Crippen molar-refractivity contribution in [2.45, 2.75) is 19.4 Å². The summed E-state index contributed by atoms with van der Waals surface area (Å²) in [5.41, 5.74) is 7.77. The van der Waals surface area contributed by atoms with Gasteiger partial charge >= 0.3 is 0 Å². The number of carbonyl (C=O) groups excluding carboxylic acids is 1. The molecule has 0 saturated heterocycles. The molecule has 0 spiro atoms. The van der Waals surface area contributed by atoms with Crippen molar-refractivity contribution in [1.82, 2.24) is 0 Å². The van der Waals surface area contributed by atoms with Gasteiger partial charge in [-0.3, -0.25) is 4.79 Å². The highest BCUT2D eigenvalue weighted by molar-refractivity contribution is 5.93. The molecule has 2 rings (SSSR count). The van der Waals surface area contributed by atoms with Crippen molar-refractivity contribution in [1.29, 1.82) is 0 Å². The number of hydrogen-bond donors (Lipinski definition) is 2. The Kier molecular flexibility index (Phi) is 3.40. The Morgan fingerprint density at radius 3 is 1.74 bits per heavy atom. The Balaban J connectivity index is 2.30. The summed E-state index contributed by atoms with van der Waals surface area (Å²) >= 11 is 0. The molecular formula is C16H17NO2. The first-order chi connectivity index (χ1) is 8.88. The fourth-order valence-electron chi connectivity index (χ4n) is 1.90. The summed E-state index contributed by atoms with van der Waals surface area (Å²) in [6.45, 7) is 3.51. The van der Waals surface area contributed by atoms with E-state index in [4.69, 9.17) is 5.73 Å². The van der Waals surface area contributed by atoms with E-state index in [1.807, 2.05) is 36.4 Å². The van der Waals surface area contributed by atoms with Gasteiger partial charge in [0.25, 0.3) is 0 Å². The number of carbonyl (C=O) groups is 1. The molecule has 3 heteroatoms. The van der Waals surface area contributed by atoms with Crippen molar-refractivity contribution in [2.24, 2.45) is 5.73 Å². The summed E-state index contributed by atoms with van der Waals surface area (Å²) in [4.78, 5) is 11.0. The van der Waals surface area contributed by atoms with E-state index in [0.29, 0.717) is 5.56 Å². The lowest BCUT2D eigenvalue weighted by Gasteiger charge is -2.17. The normalized spacial score (nSPS) is 11.3. The zero-order chi connectivity index (χ0) is 14.0. The molecule has 0 radical (unpaired) electrons. The van der Waals surface area contributed by atoms with Gasteiger partial charge in [-0.1, -0.05) is 36.4 Å². The monoisotopic (exact) mass is 255 g/mol. The Morgan fingerprint density at radius 2 is 1.37 bits per heavy atom. The van der Waals surface area contributed by atoms with Gasteiger partial charge in [-0.25, -0.2) is 0 Å². The van der Waals surface area contributed by atoms with Gasteiger partial charge in [0.2, 0.25) is 5.91 Å². The topological polar surface area (TPSA) is 63.3 Å². The molecule has 0 unspecified atom stereocenters. The summed E-state index contributed by atoms with van der Waals surface area (Å²) < 4.78 is 0. The van der Waals surface area contributed by atoms with Crippen LogP contribution in [0, 0.1) is 0 Å². The van der Waals surface area contributed by atoms with E-state index in [1.165, 1.54) is 0 Å². The van der Waals surface area contributed by atoms with Crippen LogP contribution in [-0.4, -0.2) is 11.0 Å². The molecule has 0 aliphatic rings. The van der Waals surface area contributed by atoms with Gasteiger partial charge in [-0.05, 0) is 42.7 Å². The number of rotatable bonds is 3. The third-order valence-corrected chi connectivity index (χ3v) is 3.09. The maximum Gasteiger partial charge on any atom is 0.248 e. The van der Waals surface area contributed by atoms with E-state index in [2.05, 4.69) is 0 Å². The second-order valence-corrected chi connectivity index (χ2v) is 5.08. The predicted octanol–water partition coefficient (Wildman–Crippen LogP) is 2.68. The lowest BCUT2D eigenvalue weighted by Crippen LogP contribution is -2.14. The van der Waals surface area contributed by atoms with Crippen molar-refractivity contribution in [3.8, 4) is 11.1 Å². The van der Waals surface area contributed by atoms with Crippen molar-refractivity contribution < 1.29 is 9.90 Å². The molecule has 0 aliphatic heterocycles. The first-order valence-electron chi connectivity index (χ1n) is 6.11. The lowest BCUT2D eigenvalue weighted by atomic mass is 9.95. The molecule has 3 N–H and O–H groups in total. The lowest BCUT2D eigenvalue weighted by molar-refractivity contribution is 0.0786. The summed E-state index contributed by atoms with van der Waals surface area (Å²) in [7, 11) is 0. The molecule has 0 saturated carbocycles. The van der Waals surface area contributed by atoms with E-state index < -0.39 is 11.5 Å². The van der Waals surface area contributed by atoms with Crippen LogP contribution in [0.1, 0.15) is 29.8 Å². The highest BCUT2D eigenvalue weighted by Gasteiger charge is 2.15. The Hall–Kier alpha value is -2.13. The molecule has 98 valence electrons. The van der Waals surface area contributed by atoms with Crippen LogP contribution in [0.3, 0.4) is 0 Å². The molecule has 3 nitrogen and oxygen atoms in total. The summed E-state index contributed by atoms with van der Waals surface area (Å²) in [6, 6.07) is 14.8. The number of primary amides is 1. The molecule has 0 bridgehead atoms. The summed E-state index contributed by atoms with van der Waals surface area (Å²) in [5.74, 6) is -0.427. The fourth-order valence-corrected chi connectivity index (χ4v) is 1.90. The maximum atomic E-state index is 11.0. The van der Waals surface area contributed by atoms with Crippen molar-refractivity contribution >= 4 is 5.91 Å². The second kappa shape index (κ2) is 4.86. The minimum absolute atomic E-state index is 0.427. The first-order valence-corrected chi connectivity index (χ1v) is 6.11. The largest absolute Gasteiger partial charge is 0.386 e. The van der Waals surface area contributed by atoms with Crippen LogP contribution in [-0.2, 0) is 5.60 Å². The standard InChI is InChI=1S/C16H17NO2/c1-16(2,19)14-9-7-12(8-10-14)11-3-5-13(6-4-11)15(17)18/h3-10,19H,1-2H3,(H2,17,18). The van der Waals surface area contributed by atoms with E-state index >= 15 is 0 Å². The molecule has 0 heterocycles. The molecule has 0 atom stereocenters. The summed E-state index contributed by atoms with van der Waals surface area (Å²) in [6.07, 6.45) is 0. The Morgan fingerprint density at radius 1 is 0.947 bits per heavy atom. The minimum atomic E-state index is -0.839. The number of nitrogens with two attached hydrogens (primary N) is 1. The molecular weight excluding hydrogens is 238 g/mol. The number of aliphatic hydroxyl groups is 1. The second-order valence-electron chi connectivity index (χ2n) is 5.08. The SMILES string of the molecule is CC(C)(O)c1ccc(-c2ccc(C(N)=O)cc2)cc1. The molecule has 0 fully saturated rings. The average Bonchev–Trinajstić information content (AvgIpc) is 2.38. The zero-order valence-corrected chi connectivity index (χ0v) is 11.1. The zero-order valence-electron chi connectivity index (χ0n) is 11.1. The van der Waals surface area contributed by atoms with Gasteiger partial charge in [0.1, 0.15) is 0 Å². The van der Waals surface area contributed by atoms with Crippen molar-refractivity contribution in [3.05, 3.63) is 59.7 Å². The third-order valence-electron chi connectivity index (χ3n) is 3.09. The minimum Gasteiger partial charge on any atom is -0.386 e. The van der Waals surface area contributed by atoms with Crippen LogP contribution in [0.2, 0.25) is 0 Å². The first kappa shape index (κ1) is 13.3. The summed E-state index contributed by atoms with van der Waals surface area (Å²) in [5, 5.41) is 9.90. The average molecular weight is 255 g/mol. The Bertz CT molecular complexity index is 578. The van der Waals surface area contributed by atoms with Crippen LogP contribution in [0.15, 0.2) is 48.5 Å². The van der Waals surface area contributed by atoms with Gasteiger partial charge in [-0.15, -0.1) is 0 Å². The van der Waals surface area contributed by atoms with E-state index in [1.54, 1.807) is 26.0 Å². The van der Waals surface area contributed by atoms with Crippen molar-refractivity contribution in [2.75, 3.05) is 0 Å². The highest BCUT2D eigenvalue weighted by atomic mass is 16.3. The van der Waals surface area contributed by atoms with Gasteiger partial charge in [0, 0.05) is 5.56 Å². The fraction of sp³-hybridized carbons (Fsp3) is 0.188. The molecule has 1 amide bonds. The van der Waals surface area contributed by atoms with E-state index in [9.17, 15) is 9.90 Å². The van der Waals surface area contributed by atoms with Gasteiger partial charge in [-0.2, -0.15) is 0 Å². The molecule has 19 heavy (non-hydrogen) atoms. The Labute approximate surface area is 112 Å². The van der Waals surface area contributed by atoms with E-state index in [0.717, 1.165) is 16.7 Å². The van der Waals surface area contributed by atoms with E-state index in [-0.39, 0.29) is 0 Å². The van der Waals surface area contributed by atoms with Crippen LogP contribution in [0.4, 0.5) is 0 Å². The molecule has 2 aromatic rings. The van der Waals surface area contributed by atoms with Gasteiger partial charge in [0.05, 0.1) is 5.60 Å². The number of amides is 1. The molecule has 0 aromatic heterocycles. The van der Waals surface area contributed by atoms with Crippen molar-refractivity contribution in [3.63, 3.8) is 0 Å². The van der Waals surface area contributed by atoms with Gasteiger partial charge in [0.15, 0.2) is 0 Å². The van der Waals surface area contributed by atoms with Gasteiger partial charge < -0.3 is 10.8 Å². The number of hydrogen-bond acceptors (Lipinski definition) is 2. The smallest absolute Gasteiger partial charge is 0.248 e. The molecule has 0 aliphatic carbocycles. The quantitative estimate of drug-likeness (QED) is 0.885. The van der Waals surface area contributed by atoms with Crippen LogP contribution in [0.25, 0.3) is 11.1 Å². The van der Waals surface area contributed by atoms with Crippen LogP contribution < -0.4 is 5.73 Å². The number of benzene rings is 2.